The van der Waals surface area contributed by atoms with Crippen molar-refractivity contribution >= 4 is 34.7 Å². The van der Waals surface area contributed by atoms with Crippen molar-refractivity contribution in [2.75, 3.05) is 0 Å². The highest BCUT2D eigenvalue weighted by Gasteiger charge is 2.27. The van der Waals surface area contributed by atoms with Gasteiger partial charge in [0.05, 0.1) is 23.1 Å². The fraction of sp³-hybridized carbons (Fsp3) is 0.120. The maximum atomic E-state index is 13.2. The van der Waals surface area contributed by atoms with Gasteiger partial charge in [0.15, 0.2) is 6.10 Å². The van der Waals surface area contributed by atoms with Crippen LogP contribution in [0.15, 0.2) is 71.8 Å². The number of nitrogens with one attached hydrogen (secondary N) is 1. The molecule has 1 aliphatic heterocycles. The molecule has 33 heavy (non-hydrogen) atoms. The number of hydrogen-bond acceptors (Lipinski definition) is 5. The molecule has 7 nitrogen and oxygen atoms in total. The van der Waals surface area contributed by atoms with Gasteiger partial charge in [-0.25, -0.2) is 0 Å². The van der Waals surface area contributed by atoms with Gasteiger partial charge >= 0.3 is 0 Å². The molecule has 3 heterocycles. The Morgan fingerprint density at radius 2 is 2.03 bits per heavy atom. The molecule has 8 heteroatoms. The molecule has 0 saturated heterocycles. The summed E-state index contributed by atoms with van der Waals surface area (Å²) in [5, 5.41) is 3.65. The lowest BCUT2D eigenvalue weighted by Crippen LogP contribution is -2.31. The van der Waals surface area contributed by atoms with Crippen LogP contribution in [0.4, 0.5) is 0 Å². The van der Waals surface area contributed by atoms with E-state index in [9.17, 15) is 14.4 Å². The summed E-state index contributed by atoms with van der Waals surface area (Å²) in [6, 6.07) is 15.7. The Bertz CT molecular complexity index is 1430. The molecule has 0 fully saturated rings. The van der Waals surface area contributed by atoms with Gasteiger partial charge in [0.25, 0.3) is 5.91 Å². The van der Waals surface area contributed by atoms with Gasteiger partial charge < -0.3 is 14.6 Å². The first-order valence-electron chi connectivity index (χ1n) is 10.3. The Morgan fingerprint density at radius 3 is 2.76 bits per heavy atom. The Balaban J connectivity index is 1.55. The number of ether oxygens (including phenoxy) is 1. The number of halogens is 1. The lowest BCUT2D eigenvalue weighted by molar-refractivity contribution is 0.0948. The smallest absolute Gasteiger partial charge is 0.257 e. The van der Waals surface area contributed by atoms with E-state index in [0.717, 1.165) is 5.56 Å². The van der Waals surface area contributed by atoms with Crippen LogP contribution in [0.3, 0.4) is 0 Å². The van der Waals surface area contributed by atoms with E-state index in [2.05, 4.69) is 10.3 Å². The molecule has 1 amide bonds. The number of nitrogens with zero attached hydrogens (tertiary/aromatic N) is 2. The highest BCUT2D eigenvalue weighted by atomic mass is 35.5. The van der Waals surface area contributed by atoms with Crippen molar-refractivity contribution in [1.29, 1.82) is 0 Å². The van der Waals surface area contributed by atoms with Crippen molar-refractivity contribution in [1.82, 2.24) is 14.9 Å². The lowest BCUT2D eigenvalue weighted by Gasteiger charge is -2.28. The van der Waals surface area contributed by atoms with Crippen LogP contribution in [0.5, 0.6) is 5.75 Å². The fourth-order valence-corrected chi connectivity index (χ4v) is 4.08. The van der Waals surface area contributed by atoms with Gasteiger partial charge in [-0.1, -0.05) is 29.8 Å². The van der Waals surface area contributed by atoms with Gasteiger partial charge in [-0.05, 0) is 42.0 Å². The molecule has 0 aliphatic carbocycles. The van der Waals surface area contributed by atoms with Gasteiger partial charge in [0.2, 0.25) is 5.43 Å². The maximum absolute atomic E-state index is 13.2. The number of amides is 1. The van der Waals surface area contributed by atoms with Gasteiger partial charge in [0.1, 0.15) is 17.6 Å². The molecule has 1 atom stereocenters. The number of aromatic nitrogens is 2. The van der Waals surface area contributed by atoms with Crippen molar-refractivity contribution in [2.45, 2.75) is 19.2 Å². The quantitative estimate of drug-likeness (QED) is 0.457. The number of carbonyl (C=O) groups excluding carboxylic acids is 2. The average Bonchev–Trinajstić information content (AvgIpc) is 2.85. The summed E-state index contributed by atoms with van der Waals surface area (Å²) in [5.41, 5.74) is 1.93. The second-order valence-corrected chi connectivity index (χ2v) is 8.16. The van der Waals surface area contributed by atoms with Crippen LogP contribution in [-0.4, -0.2) is 21.7 Å². The van der Waals surface area contributed by atoms with Gasteiger partial charge in [-0.2, -0.15) is 0 Å². The lowest BCUT2D eigenvalue weighted by atomic mass is 10.0. The van der Waals surface area contributed by atoms with E-state index < -0.39 is 17.4 Å². The van der Waals surface area contributed by atoms with E-state index in [4.69, 9.17) is 16.3 Å². The number of rotatable bonds is 5. The topological polar surface area (TPSA) is 90.3 Å². The van der Waals surface area contributed by atoms with Crippen LogP contribution < -0.4 is 15.5 Å². The first-order valence-corrected chi connectivity index (χ1v) is 10.7. The minimum atomic E-state index is -0.500. The van der Waals surface area contributed by atoms with E-state index in [-0.39, 0.29) is 17.5 Å². The number of hydrogen-bond donors (Lipinski definition) is 1. The van der Waals surface area contributed by atoms with E-state index in [1.165, 1.54) is 6.07 Å². The molecule has 0 radical (unpaired) electrons. The summed E-state index contributed by atoms with van der Waals surface area (Å²) in [6.45, 7) is 0.603. The molecule has 4 aromatic rings. The van der Waals surface area contributed by atoms with Crippen molar-refractivity contribution in [2.24, 2.45) is 0 Å². The Kier molecular flexibility index (Phi) is 5.40. The summed E-state index contributed by atoms with van der Waals surface area (Å²) < 4.78 is 7.93. The van der Waals surface area contributed by atoms with E-state index in [0.29, 0.717) is 40.4 Å². The third-order valence-corrected chi connectivity index (χ3v) is 5.81. The number of aldehydes is 1. The zero-order valence-corrected chi connectivity index (χ0v) is 18.1. The molecule has 1 unspecified atom stereocenters. The van der Waals surface area contributed by atoms with Crippen LogP contribution >= 0.6 is 11.6 Å². The summed E-state index contributed by atoms with van der Waals surface area (Å²) in [6.07, 6.45) is 3.44. The largest absolute Gasteiger partial charge is 0.480 e. The molecule has 1 N–H and O–H groups in total. The Hall–Kier alpha value is -3.97. The fourth-order valence-electron chi connectivity index (χ4n) is 3.96. The average molecular weight is 460 g/mol. The van der Waals surface area contributed by atoms with E-state index >= 15 is 0 Å². The Labute approximate surface area is 193 Å². The van der Waals surface area contributed by atoms with Crippen LogP contribution in [0, 0.1) is 0 Å². The highest BCUT2D eigenvalue weighted by Crippen LogP contribution is 2.35. The minimum absolute atomic E-state index is 0.00728. The van der Waals surface area contributed by atoms with Gasteiger partial charge in [0, 0.05) is 29.5 Å². The van der Waals surface area contributed by atoms with Crippen LogP contribution in [0.25, 0.3) is 10.9 Å². The van der Waals surface area contributed by atoms with Crippen LogP contribution in [0.2, 0.25) is 5.02 Å². The maximum Gasteiger partial charge on any atom is 0.257 e. The van der Waals surface area contributed by atoms with Gasteiger partial charge in [-0.15, -0.1) is 0 Å². The molecular weight excluding hydrogens is 442 g/mol. The van der Waals surface area contributed by atoms with Crippen LogP contribution in [0.1, 0.15) is 38.1 Å². The first-order chi connectivity index (χ1) is 16.0. The normalized spacial score (nSPS) is 14.5. The van der Waals surface area contributed by atoms with Crippen molar-refractivity contribution < 1.29 is 14.3 Å². The standard InChI is InChI=1S/C25H18ClN3O4/c26-17-6-4-15(5-7-17)11-28-25(32)19-12-29-13-22(20-3-1-2-8-27-20)33-21-10-16(14-30)9-18(23(21)29)24(19)31/h1-10,12,14,22H,11,13H2,(H,28,32). The van der Waals surface area contributed by atoms with Crippen molar-refractivity contribution in [3.05, 3.63) is 105 Å². The summed E-state index contributed by atoms with van der Waals surface area (Å²) in [5.74, 6) is -0.0961. The molecule has 0 bridgehead atoms. The first kappa shape index (κ1) is 20.9. The summed E-state index contributed by atoms with van der Waals surface area (Å²) >= 11 is 5.91. The number of pyridine rings is 2. The zero-order valence-electron chi connectivity index (χ0n) is 17.3. The monoisotopic (exact) mass is 459 g/mol. The molecule has 164 valence electrons. The third-order valence-electron chi connectivity index (χ3n) is 5.56. The van der Waals surface area contributed by atoms with E-state index in [1.807, 2.05) is 22.8 Å². The van der Waals surface area contributed by atoms with Crippen molar-refractivity contribution in [3.63, 3.8) is 0 Å². The van der Waals surface area contributed by atoms with Crippen LogP contribution in [-0.2, 0) is 13.1 Å². The summed E-state index contributed by atoms with van der Waals surface area (Å²) in [7, 11) is 0. The second-order valence-electron chi connectivity index (χ2n) is 7.73. The predicted molar refractivity (Wildman–Crippen MR) is 124 cm³/mol. The minimum Gasteiger partial charge on any atom is -0.480 e. The molecule has 5 rings (SSSR count). The second kappa shape index (κ2) is 8.52. The third kappa shape index (κ3) is 3.99. The number of benzene rings is 2. The predicted octanol–water partition coefficient (Wildman–Crippen LogP) is 3.93. The Morgan fingerprint density at radius 1 is 1.21 bits per heavy atom. The summed E-state index contributed by atoms with van der Waals surface area (Å²) in [4.78, 5) is 42.1. The molecular formula is C25H18ClN3O4. The molecule has 2 aromatic heterocycles. The molecule has 1 aliphatic rings. The van der Waals surface area contributed by atoms with Crippen molar-refractivity contribution in [3.8, 4) is 5.75 Å². The molecule has 2 aromatic carbocycles. The zero-order chi connectivity index (χ0) is 22.9. The SMILES string of the molecule is O=Cc1cc2c3c(c1)c(=O)c(C(=O)NCc1ccc(Cl)cc1)cn3CC(c1ccccn1)O2. The van der Waals surface area contributed by atoms with E-state index in [1.54, 1.807) is 42.7 Å². The van der Waals surface area contributed by atoms with Gasteiger partial charge in [-0.3, -0.25) is 19.4 Å². The molecule has 0 saturated carbocycles. The molecule has 0 spiro atoms. The highest BCUT2D eigenvalue weighted by molar-refractivity contribution is 6.30. The number of carbonyl (C=O) groups is 2.